The van der Waals surface area contributed by atoms with Crippen LogP contribution in [0.3, 0.4) is 0 Å². The summed E-state index contributed by atoms with van der Waals surface area (Å²) in [5.41, 5.74) is -1.99. The molecule has 0 spiro atoms. The fourth-order valence-electron chi connectivity index (χ4n) is 1.78. The van der Waals surface area contributed by atoms with Crippen molar-refractivity contribution < 1.29 is 31.1 Å². The van der Waals surface area contributed by atoms with Crippen molar-refractivity contribution in [1.29, 1.82) is 0 Å². The number of halogens is 7. The fourth-order valence-corrected chi connectivity index (χ4v) is 2.03. The molecule has 2 aromatic rings. The summed E-state index contributed by atoms with van der Waals surface area (Å²) in [6.45, 7) is 0. The van der Waals surface area contributed by atoms with Crippen LogP contribution in [0.25, 0.3) is 11.1 Å². The summed E-state index contributed by atoms with van der Waals surface area (Å²) in [6.07, 6.45) is -8.89. The van der Waals surface area contributed by atoms with Crippen molar-refractivity contribution in [3.63, 3.8) is 0 Å². The molecule has 0 atom stereocenters. The average Bonchev–Trinajstić information content (AvgIpc) is 2.35. The first-order valence-corrected chi connectivity index (χ1v) is 6.03. The Labute approximate surface area is 125 Å². The van der Waals surface area contributed by atoms with Crippen LogP contribution in [-0.4, -0.2) is 11.3 Å². The van der Waals surface area contributed by atoms with Gasteiger partial charge in [-0.25, -0.2) is 0 Å². The van der Waals surface area contributed by atoms with E-state index in [1.165, 1.54) is 6.07 Å². The maximum atomic E-state index is 13.0. The molecule has 9 heteroatoms. The fraction of sp³-hybridized carbons (Fsp3) is 0.154. The van der Waals surface area contributed by atoms with Crippen molar-refractivity contribution >= 4 is 11.6 Å². The van der Waals surface area contributed by atoms with Gasteiger partial charge >= 0.3 is 12.5 Å². The second-order valence-electron chi connectivity index (χ2n) is 4.09. The molecule has 0 saturated carbocycles. The molecule has 1 aromatic carbocycles. The van der Waals surface area contributed by atoms with Crippen molar-refractivity contribution in [2.75, 3.05) is 0 Å². The summed E-state index contributed by atoms with van der Waals surface area (Å²) in [4.78, 5) is 3.22. The zero-order valence-corrected chi connectivity index (χ0v) is 11.2. The lowest BCUT2D eigenvalue weighted by atomic mass is 10.0. The summed E-state index contributed by atoms with van der Waals surface area (Å²) in [5.74, 6) is -0.655. The van der Waals surface area contributed by atoms with E-state index >= 15 is 0 Å². The number of benzene rings is 1. The minimum absolute atomic E-state index is 0.188. The quantitative estimate of drug-likeness (QED) is 0.690. The molecule has 0 aliphatic heterocycles. The summed E-state index contributed by atoms with van der Waals surface area (Å²) in [6, 6.07) is 5.20. The van der Waals surface area contributed by atoms with Crippen LogP contribution >= 0.6 is 11.6 Å². The Morgan fingerprint density at radius 1 is 1.00 bits per heavy atom. The van der Waals surface area contributed by atoms with E-state index in [0.717, 1.165) is 30.5 Å². The summed E-state index contributed by atoms with van der Waals surface area (Å²) in [5, 5.41) is -0.286. The molecule has 0 fully saturated rings. The molecule has 1 aromatic heterocycles. The van der Waals surface area contributed by atoms with E-state index in [9.17, 15) is 26.3 Å². The Morgan fingerprint density at radius 2 is 1.68 bits per heavy atom. The second kappa shape index (κ2) is 5.68. The molecule has 1 heterocycles. The van der Waals surface area contributed by atoms with E-state index < -0.39 is 29.5 Å². The van der Waals surface area contributed by atoms with Crippen LogP contribution in [0.2, 0.25) is 5.02 Å². The Morgan fingerprint density at radius 3 is 2.27 bits per heavy atom. The van der Waals surface area contributed by atoms with Crippen LogP contribution in [0.5, 0.6) is 5.75 Å². The highest BCUT2D eigenvalue weighted by atomic mass is 35.5. The highest BCUT2D eigenvalue weighted by molar-refractivity contribution is 6.33. The standard InChI is InChI=1S/C13H6ClF6NO/c14-9-4-5-21-11(12(15,16)17)10(9)7-2-1-3-8(6-7)22-13(18,19)20/h1-6H. The van der Waals surface area contributed by atoms with Crippen LogP contribution in [0.4, 0.5) is 26.3 Å². The van der Waals surface area contributed by atoms with Gasteiger partial charge in [0.15, 0.2) is 5.69 Å². The van der Waals surface area contributed by atoms with Gasteiger partial charge in [-0.15, -0.1) is 13.2 Å². The van der Waals surface area contributed by atoms with Crippen molar-refractivity contribution in [3.8, 4) is 16.9 Å². The summed E-state index contributed by atoms with van der Waals surface area (Å²) < 4.78 is 79.1. The van der Waals surface area contributed by atoms with Gasteiger partial charge in [0.2, 0.25) is 0 Å². The van der Waals surface area contributed by atoms with Gasteiger partial charge < -0.3 is 4.74 Å². The highest BCUT2D eigenvalue weighted by Crippen LogP contribution is 2.40. The molecule has 0 aliphatic rings. The molecular weight excluding hydrogens is 336 g/mol. The van der Waals surface area contributed by atoms with Crippen LogP contribution in [0.1, 0.15) is 5.69 Å². The monoisotopic (exact) mass is 341 g/mol. The molecule has 0 bridgehead atoms. The third-order valence-electron chi connectivity index (χ3n) is 2.52. The second-order valence-corrected chi connectivity index (χ2v) is 4.50. The maximum Gasteiger partial charge on any atom is 0.573 e. The van der Waals surface area contributed by atoms with Crippen LogP contribution in [-0.2, 0) is 6.18 Å². The molecule has 0 aliphatic carbocycles. The zero-order chi connectivity index (χ0) is 16.5. The molecule has 2 nitrogen and oxygen atoms in total. The van der Waals surface area contributed by atoms with Gasteiger partial charge in [0.1, 0.15) is 5.75 Å². The number of pyridine rings is 1. The predicted octanol–water partition coefficient (Wildman–Crippen LogP) is 5.32. The third kappa shape index (κ3) is 3.82. The van der Waals surface area contributed by atoms with Gasteiger partial charge in [-0.1, -0.05) is 23.7 Å². The lowest BCUT2D eigenvalue weighted by Crippen LogP contribution is -2.17. The van der Waals surface area contributed by atoms with E-state index in [1.54, 1.807) is 0 Å². The Bertz CT molecular complexity index is 683. The summed E-state index contributed by atoms with van der Waals surface area (Å²) in [7, 11) is 0. The van der Waals surface area contributed by atoms with Crippen molar-refractivity contribution in [2.24, 2.45) is 0 Å². The number of rotatable bonds is 2. The SMILES string of the molecule is FC(F)(F)Oc1cccc(-c2c(Cl)ccnc2C(F)(F)F)c1. The first kappa shape index (κ1) is 16.4. The smallest absolute Gasteiger partial charge is 0.406 e. The van der Waals surface area contributed by atoms with Gasteiger partial charge in [-0.2, -0.15) is 13.2 Å². The van der Waals surface area contributed by atoms with E-state index in [0.29, 0.717) is 0 Å². The Hall–Kier alpha value is -1.96. The van der Waals surface area contributed by atoms with Crippen molar-refractivity contribution in [2.45, 2.75) is 12.5 Å². The zero-order valence-electron chi connectivity index (χ0n) is 10.5. The number of aromatic nitrogens is 1. The number of hydrogen-bond donors (Lipinski definition) is 0. The topological polar surface area (TPSA) is 22.1 Å². The molecule has 0 radical (unpaired) electrons. The van der Waals surface area contributed by atoms with Gasteiger partial charge in [-0.3, -0.25) is 4.98 Å². The van der Waals surface area contributed by atoms with Gasteiger partial charge in [0.25, 0.3) is 0 Å². The first-order valence-electron chi connectivity index (χ1n) is 5.66. The molecule has 0 amide bonds. The molecule has 0 saturated heterocycles. The molecule has 118 valence electrons. The maximum absolute atomic E-state index is 13.0. The third-order valence-corrected chi connectivity index (χ3v) is 2.84. The summed E-state index contributed by atoms with van der Waals surface area (Å²) >= 11 is 5.75. The molecular formula is C13H6ClF6NO. The van der Waals surface area contributed by atoms with Gasteiger partial charge in [0.05, 0.1) is 5.02 Å². The molecule has 2 rings (SSSR count). The minimum Gasteiger partial charge on any atom is -0.406 e. The molecule has 22 heavy (non-hydrogen) atoms. The van der Waals surface area contributed by atoms with Gasteiger partial charge in [0, 0.05) is 11.8 Å². The lowest BCUT2D eigenvalue weighted by molar-refractivity contribution is -0.274. The van der Waals surface area contributed by atoms with E-state index in [1.807, 2.05) is 0 Å². The Balaban J connectivity index is 2.56. The van der Waals surface area contributed by atoms with E-state index in [-0.39, 0.29) is 10.6 Å². The number of alkyl halides is 6. The van der Waals surface area contributed by atoms with E-state index in [2.05, 4.69) is 9.72 Å². The van der Waals surface area contributed by atoms with Crippen molar-refractivity contribution in [3.05, 3.63) is 47.2 Å². The number of ether oxygens (including phenoxy) is 1. The first-order chi connectivity index (χ1) is 10.1. The van der Waals surface area contributed by atoms with E-state index in [4.69, 9.17) is 11.6 Å². The number of hydrogen-bond acceptors (Lipinski definition) is 2. The normalized spacial score (nSPS) is 12.3. The molecule has 0 unspecified atom stereocenters. The van der Waals surface area contributed by atoms with Crippen molar-refractivity contribution in [1.82, 2.24) is 4.98 Å². The largest absolute Gasteiger partial charge is 0.573 e. The molecule has 0 N–H and O–H groups in total. The van der Waals surface area contributed by atoms with Crippen LogP contribution in [0, 0.1) is 0 Å². The van der Waals surface area contributed by atoms with Crippen LogP contribution < -0.4 is 4.74 Å². The minimum atomic E-state index is -4.95. The average molecular weight is 342 g/mol. The van der Waals surface area contributed by atoms with Gasteiger partial charge in [-0.05, 0) is 23.8 Å². The van der Waals surface area contributed by atoms with Crippen LogP contribution in [0.15, 0.2) is 36.5 Å². The predicted molar refractivity (Wildman–Crippen MR) is 66.4 cm³/mol. The highest BCUT2D eigenvalue weighted by Gasteiger charge is 2.37. The number of nitrogens with zero attached hydrogens (tertiary/aromatic N) is 1. The Kier molecular flexibility index (Phi) is 4.23. The lowest BCUT2D eigenvalue weighted by Gasteiger charge is -2.14.